The van der Waals surface area contributed by atoms with Crippen LogP contribution in [0.5, 0.6) is 0 Å². The maximum Gasteiger partial charge on any atom is 0.159 e. The highest BCUT2D eigenvalue weighted by molar-refractivity contribution is 5.70. The molecule has 2 bridgehead atoms. The number of fused-ring (bicyclic) bond motifs is 2. The van der Waals surface area contributed by atoms with Gasteiger partial charge in [0.05, 0.1) is 0 Å². The number of nitrogens with zero attached hydrogens (tertiary/aromatic N) is 1. The van der Waals surface area contributed by atoms with Crippen LogP contribution >= 0.6 is 0 Å². The molecular weight excluding hydrogens is 331 g/mol. The van der Waals surface area contributed by atoms with Crippen molar-refractivity contribution in [3.8, 4) is 0 Å². The zero-order valence-electron chi connectivity index (χ0n) is 15.7. The second-order valence-electron chi connectivity index (χ2n) is 7.72. The predicted molar refractivity (Wildman–Crippen MR) is 102 cm³/mol. The fourth-order valence-electron chi connectivity index (χ4n) is 4.95. The molecule has 4 rings (SSSR count). The lowest BCUT2D eigenvalue weighted by atomic mass is 9.85. The van der Waals surface area contributed by atoms with Gasteiger partial charge in [0.2, 0.25) is 0 Å². The van der Waals surface area contributed by atoms with Crippen molar-refractivity contribution in [3.05, 3.63) is 35.7 Å². The number of halogens is 1. The van der Waals surface area contributed by atoms with Gasteiger partial charge in [-0.15, -0.1) is 0 Å². The van der Waals surface area contributed by atoms with Crippen molar-refractivity contribution in [1.82, 2.24) is 5.32 Å². The molecule has 1 aromatic carbocycles. The lowest BCUT2D eigenvalue weighted by molar-refractivity contribution is -0.138. The highest BCUT2D eigenvalue weighted by Crippen LogP contribution is 2.38. The third-order valence-electron chi connectivity index (χ3n) is 6.27. The lowest BCUT2D eigenvalue weighted by Crippen LogP contribution is -2.52. The molecule has 2 saturated heterocycles. The van der Waals surface area contributed by atoms with E-state index in [-0.39, 0.29) is 12.1 Å². The largest absolute Gasteiger partial charge is 0.363 e. The van der Waals surface area contributed by atoms with Gasteiger partial charge in [0.1, 0.15) is 5.82 Å². The summed E-state index contributed by atoms with van der Waals surface area (Å²) in [6.45, 7) is 2.06. The van der Waals surface area contributed by atoms with Crippen molar-refractivity contribution in [1.29, 1.82) is 0 Å². The van der Waals surface area contributed by atoms with E-state index in [0.29, 0.717) is 18.0 Å². The van der Waals surface area contributed by atoms with Crippen LogP contribution in [0.15, 0.2) is 24.3 Å². The molecule has 0 spiro atoms. The maximum absolute atomic E-state index is 14.6. The minimum Gasteiger partial charge on any atom is -0.363 e. The van der Waals surface area contributed by atoms with Gasteiger partial charge >= 0.3 is 0 Å². The van der Waals surface area contributed by atoms with Crippen molar-refractivity contribution in [2.24, 2.45) is 5.92 Å². The Kier molecular flexibility index (Phi) is 5.30. The topological polar surface area (TPSA) is 33.7 Å². The van der Waals surface area contributed by atoms with Crippen LogP contribution in [-0.4, -0.2) is 45.7 Å². The number of anilines is 1. The highest BCUT2D eigenvalue weighted by Gasteiger charge is 2.36. The average Bonchev–Trinajstić information content (AvgIpc) is 2.92. The predicted octanol–water partition coefficient (Wildman–Crippen LogP) is 3.57. The van der Waals surface area contributed by atoms with Gasteiger partial charge in [0.15, 0.2) is 6.29 Å². The number of nitrogens with one attached hydrogen (secondary N) is 1. The molecule has 4 nitrogen and oxygen atoms in total. The molecule has 26 heavy (non-hydrogen) atoms. The first-order valence-corrected chi connectivity index (χ1v) is 9.75. The summed E-state index contributed by atoms with van der Waals surface area (Å²) >= 11 is 0. The molecule has 2 fully saturated rings. The Hall–Kier alpha value is -1.43. The summed E-state index contributed by atoms with van der Waals surface area (Å²) in [5, 5.41) is 3.51. The van der Waals surface area contributed by atoms with Gasteiger partial charge in [-0.05, 0) is 55.9 Å². The lowest BCUT2D eigenvalue weighted by Gasteiger charge is -2.37. The number of allylic oxidation sites excluding steroid dienone is 2. The molecule has 2 aliphatic heterocycles. The number of hydrogen-bond acceptors (Lipinski definition) is 4. The zero-order valence-corrected chi connectivity index (χ0v) is 15.7. The van der Waals surface area contributed by atoms with Crippen LogP contribution in [0.1, 0.15) is 37.7 Å². The van der Waals surface area contributed by atoms with E-state index >= 15 is 0 Å². The second kappa shape index (κ2) is 7.67. The minimum absolute atomic E-state index is 0.115. The van der Waals surface area contributed by atoms with Gasteiger partial charge < -0.3 is 19.7 Å². The Morgan fingerprint density at radius 3 is 2.46 bits per heavy atom. The molecule has 0 aromatic heterocycles. The number of methoxy groups -OCH3 is 2. The van der Waals surface area contributed by atoms with Gasteiger partial charge in [-0.2, -0.15) is 0 Å². The molecule has 1 N–H and O–H groups in total. The molecule has 3 atom stereocenters. The van der Waals surface area contributed by atoms with Crippen molar-refractivity contribution < 1.29 is 13.9 Å². The maximum atomic E-state index is 14.6. The van der Waals surface area contributed by atoms with Crippen molar-refractivity contribution in [2.75, 3.05) is 32.2 Å². The van der Waals surface area contributed by atoms with Gasteiger partial charge in [0.25, 0.3) is 0 Å². The van der Waals surface area contributed by atoms with Gasteiger partial charge in [0, 0.05) is 56.6 Å². The summed E-state index contributed by atoms with van der Waals surface area (Å²) in [5.41, 5.74) is 3.06. The number of benzene rings is 1. The van der Waals surface area contributed by atoms with Crippen molar-refractivity contribution in [3.63, 3.8) is 0 Å². The Morgan fingerprint density at radius 2 is 1.85 bits per heavy atom. The van der Waals surface area contributed by atoms with Crippen LogP contribution < -0.4 is 10.2 Å². The first-order chi connectivity index (χ1) is 12.7. The molecule has 142 valence electrons. The van der Waals surface area contributed by atoms with Gasteiger partial charge in [-0.3, -0.25) is 0 Å². The number of ether oxygens (including phenoxy) is 2. The van der Waals surface area contributed by atoms with Gasteiger partial charge in [-0.1, -0.05) is 6.08 Å². The molecule has 5 heteroatoms. The summed E-state index contributed by atoms with van der Waals surface area (Å²) in [6, 6.07) is 6.75. The Balaban J connectivity index is 1.56. The quantitative estimate of drug-likeness (QED) is 0.814. The third-order valence-corrected chi connectivity index (χ3v) is 6.27. The van der Waals surface area contributed by atoms with Gasteiger partial charge in [-0.25, -0.2) is 4.39 Å². The van der Waals surface area contributed by atoms with E-state index in [4.69, 9.17) is 9.47 Å². The van der Waals surface area contributed by atoms with Crippen molar-refractivity contribution >= 4 is 11.3 Å². The van der Waals surface area contributed by atoms with E-state index in [1.807, 2.05) is 6.07 Å². The molecule has 1 aromatic rings. The van der Waals surface area contributed by atoms with E-state index < -0.39 is 0 Å². The average molecular weight is 360 g/mol. The molecule has 3 aliphatic rings. The van der Waals surface area contributed by atoms with E-state index in [1.54, 1.807) is 20.3 Å². The highest BCUT2D eigenvalue weighted by atomic mass is 19.1. The van der Waals surface area contributed by atoms with Crippen LogP contribution in [0.3, 0.4) is 0 Å². The molecule has 3 unspecified atom stereocenters. The molecule has 0 radical (unpaired) electrons. The fraction of sp³-hybridized carbons (Fsp3) is 0.619. The number of rotatable bonds is 5. The molecule has 1 aliphatic carbocycles. The summed E-state index contributed by atoms with van der Waals surface area (Å²) in [4.78, 5) is 2.51. The summed E-state index contributed by atoms with van der Waals surface area (Å²) in [5.74, 6) is 0.222. The van der Waals surface area contributed by atoms with Crippen molar-refractivity contribution in [2.45, 2.75) is 50.5 Å². The molecule has 0 saturated carbocycles. The van der Waals surface area contributed by atoms with E-state index in [9.17, 15) is 4.39 Å². The Bertz CT molecular complexity index is 658. The smallest absolute Gasteiger partial charge is 0.159 e. The third kappa shape index (κ3) is 3.28. The summed E-state index contributed by atoms with van der Waals surface area (Å²) in [6.07, 6.45) is 7.14. The van der Waals surface area contributed by atoms with Crippen LogP contribution in [0, 0.1) is 11.7 Å². The van der Waals surface area contributed by atoms with E-state index in [0.717, 1.165) is 43.5 Å². The second-order valence-corrected chi connectivity index (χ2v) is 7.72. The van der Waals surface area contributed by atoms with Crippen LogP contribution in [-0.2, 0) is 9.47 Å². The zero-order chi connectivity index (χ0) is 18.1. The van der Waals surface area contributed by atoms with Crippen LogP contribution in [0.4, 0.5) is 10.1 Å². The fourth-order valence-corrected chi connectivity index (χ4v) is 4.95. The normalized spacial score (nSPS) is 28.5. The SMILES string of the molecule is COC(OC)C1CC=C(c2cc(N3C4CCC3CNC4)ccc2F)CC1. The molecular formula is C21H29FN2O2. The molecule has 2 heterocycles. The minimum atomic E-state index is -0.180. The van der Waals surface area contributed by atoms with Crippen LogP contribution in [0.25, 0.3) is 5.57 Å². The summed E-state index contributed by atoms with van der Waals surface area (Å²) in [7, 11) is 3.36. The Labute approximate surface area is 155 Å². The standard InChI is InChI=1S/C21H29FN2O2/c1-25-21(26-2)15-5-3-14(4-6-15)19-11-16(9-10-20(19)22)24-17-7-8-18(24)13-23-12-17/h3,9-11,15,17-18,21,23H,4-8,12-13H2,1-2H3. The number of piperazine rings is 1. The van der Waals surface area contributed by atoms with Crippen LogP contribution in [0.2, 0.25) is 0 Å². The molecule has 0 amide bonds. The van der Waals surface area contributed by atoms with E-state index in [1.165, 1.54) is 18.5 Å². The summed E-state index contributed by atoms with van der Waals surface area (Å²) < 4.78 is 25.4. The first kappa shape index (κ1) is 18.0. The number of hydrogen-bond donors (Lipinski definition) is 1. The monoisotopic (exact) mass is 360 g/mol. The first-order valence-electron chi connectivity index (χ1n) is 9.75. The van der Waals surface area contributed by atoms with E-state index in [2.05, 4.69) is 22.4 Å². The Morgan fingerprint density at radius 1 is 1.12 bits per heavy atom.